The van der Waals surface area contributed by atoms with Gasteiger partial charge in [-0.3, -0.25) is 9.59 Å². The van der Waals surface area contributed by atoms with Crippen molar-refractivity contribution in [3.8, 4) is 11.5 Å². The average Bonchev–Trinajstić information content (AvgIpc) is 3.38. The number of carbonyl (C=O) groups excluding carboxylic acids is 2. The minimum Gasteiger partial charge on any atom is -0.454 e. The van der Waals surface area contributed by atoms with Gasteiger partial charge in [-0.15, -0.1) is 0 Å². The quantitative estimate of drug-likeness (QED) is 0.403. The van der Waals surface area contributed by atoms with Crippen LogP contribution in [-0.2, 0) is 39.1 Å². The second kappa shape index (κ2) is 12.1. The van der Waals surface area contributed by atoms with Crippen LogP contribution in [-0.4, -0.2) is 62.1 Å². The van der Waals surface area contributed by atoms with E-state index in [0.29, 0.717) is 11.5 Å². The molecule has 0 bridgehead atoms. The first kappa shape index (κ1) is 27.2. The molecule has 0 aromatic heterocycles. The predicted molar refractivity (Wildman–Crippen MR) is 143 cm³/mol. The van der Waals surface area contributed by atoms with Crippen LogP contribution in [0.15, 0.2) is 78.9 Å². The van der Waals surface area contributed by atoms with E-state index in [9.17, 15) is 18.0 Å². The molecular weight excluding hydrogens is 506 g/mol. The molecule has 3 aromatic carbocycles. The number of rotatable bonds is 11. The molecule has 1 N–H and O–H groups in total. The number of nitrogens with zero attached hydrogens (tertiary/aromatic N) is 2. The minimum absolute atomic E-state index is 0.145. The normalized spacial score (nSPS) is 13.2. The Morgan fingerprint density at radius 1 is 0.895 bits per heavy atom. The van der Waals surface area contributed by atoms with E-state index in [1.165, 1.54) is 11.9 Å². The Bertz CT molecular complexity index is 1370. The highest BCUT2D eigenvalue weighted by atomic mass is 32.2. The maximum Gasteiger partial charge on any atom is 0.243 e. The molecule has 1 aliphatic rings. The lowest BCUT2D eigenvalue weighted by molar-refractivity contribution is -0.141. The molecule has 1 atom stereocenters. The van der Waals surface area contributed by atoms with Crippen molar-refractivity contribution in [1.82, 2.24) is 14.5 Å². The van der Waals surface area contributed by atoms with Crippen molar-refractivity contribution in [2.45, 2.75) is 25.6 Å². The van der Waals surface area contributed by atoms with Gasteiger partial charge in [0.2, 0.25) is 28.6 Å². The Labute approximate surface area is 223 Å². The van der Waals surface area contributed by atoms with Crippen LogP contribution in [0.5, 0.6) is 11.5 Å². The first-order chi connectivity index (χ1) is 18.2. The van der Waals surface area contributed by atoms with Crippen LogP contribution in [0.4, 0.5) is 0 Å². The third kappa shape index (κ3) is 7.11. The Hall–Kier alpha value is -3.89. The van der Waals surface area contributed by atoms with Crippen molar-refractivity contribution in [3.63, 3.8) is 0 Å². The predicted octanol–water partition coefficient (Wildman–Crippen LogP) is 2.56. The molecule has 38 heavy (non-hydrogen) atoms. The van der Waals surface area contributed by atoms with Gasteiger partial charge in [0.05, 0.1) is 12.8 Å². The number of nitrogens with one attached hydrogen (secondary N) is 1. The maximum atomic E-state index is 13.7. The number of fused-ring (bicyclic) bond motifs is 1. The van der Waals surface area contributed by atoms with E-state index in [1.54, 1.807) is 6.07 Å². The fourth-order valence-corrected chi connectivity index (χ4v) is 4.44. The molecule has 0 fully saturated rings. The van der Waals surface area contributed by atoms with E-state index in [-0.39, 0.29) is 38.8 Å². The summed E-state index contributed by atoms with van der Waals surface area (Å²) in [5.74, 6) is 0.442. The van der Waals surface area contributed by atoms with E-state index in [0.717, 1.165) is 27.3 Å². The summed E-state index contributed by atoms with van der Waals surface area (Å²) in [4.78, 5) is 28.7. The first-order valence-corrected chi connectivity index (χ1v) is 14.0. The Morgan fingerprint density at radius 3 is 2.18 bits per heavy atom. The van der Waals surface area contributed by atoms with Crippen molar-refractivity contribution < 1.29 is 27.5 Å². The molecule has 0 radical (unpaired) electrons. The standard InChI is InChI=1S/C28H31N3O6S/c1-30(38(2,34)35)19-27(32)31(18-22-11-7-4-8-12-22)24(15-21-9-5-3-6-10-21)28(33)29-17-23-13-14-25-26(16-23)37-20-36-25/h3-14,16,24H,15,17-20H2,1-2H3,(H,29,33). The smallest absolute Gasteiger partial charge is 0.243 e. The zero-order valence-corrected chi connectivity index (χ0v) is 22.2. The summed E-state index contributed by atoms with van der Waals surface area (Å²) < 4.78 is 35.8. The Kier molecular flexibility index (Phi) is 8.65. The number of benzene rings is 3. The molecule has 0 spiro atoms. The fourth-order valence-electron chi connectivity index (χ4n) is 4.09. The topological polar surface area (TPSA) is 105 Å². The zero-order valence-electron chi connectivity index (χ0n) is 21.4. The largest absolute Gasteiger partial charge is 0.454 e. The number of carbonyl (C=O) groups is 2. The van der Waals surface area contributed by atoms with Crippen LogP contribution < -0.4 is 14.8 Å². The SMILES string of the molecule is CN(CC(=O)N(Cc1ccccc1)C(Cc1ccccc1)C(=O)NCc1ccc2c(c1)OCO2)S(C)(=O)=O. The van der Waals surface area contributed by atoms with Gasteiger partial charge >= 0.3 is 0 Å². The van der Waals surface area contributed by atoms with Crippen LogP contribution >= 0.6 is 0 Å². The Morgan fingerprint density at radius 2 is 1.53 bits per heavy atom. The number of ether oxygens (including phenoxy) is 2. The maximum absolute atomic E-state index is 13.7. The molecule has 1 heterocycles. The van der Waals surface area contributed by atoms with Gasteiger partial charge in [-0.1, -0.05) is 66.7 Å². The third-order valence-corrected chi connectivity index (χ3v) is 7.56. The highest BCUT2D eigenvalue weighted by Gasteiger charge is 2.32. The molecule has 0 saturated heterocycles. The molecule has 9 nitrogen and oxygen atoms in total. The van der Waals surface area contributed by atoms with Gasteiger partial charge in [0.1, 0.15) is 6.04 Å². The molecule has 4 rings (SSSR count). The summed E-state index contributed by atoms with van der Waals surface area (Å²) in [6, 6.07) is 23.3. The van der Waals surface area contributed by atoms with Gasteiger partial charge < -0.3 is 19.7 Å². The van der Waals surface area contributed by atoms with Crippen LogP contribution in [0.2, 0.25) is 0 Å². The molecule has 0 aliphatic carbocycles. The fraction of sp³-hybridized carbons (Fsp3) is 0.286. The second-order valence-electron chi connectivity index (χ2n) is 9.14. The number of sulfonamides is 1. The van der Waals surface area contributed by atoms with E-state index < -0.39 is 22.0 Å². The van der Waals surface area contributed by atoms with Gasteiger partial charge in [0.15, 0.2) is 11.5 Å². The summed E-state index contributed by atoms with van der Waals surface area (Å²) in [6.07, 6.45) is 1.30. The lowest BCUT2D eigenvalue weighted by Gasteiger charge is -2.32. The van der Waals surface area contributed by atoms with Crippen molar-refractivity contribution in [1.29, 1.82) is 0 Å². The van der Waals surface area contributed by atoms with Crippen molar-refractivity contribution in [2.75, 3.05) is 26.6 Å². The molecule has 3 aromatic rings. The molecule has 10 heteroatoms. The third-order valence-electron chi connectivity index (χ3n) is 6.29. The van der Waals surface area contributed by atoms with Crippen molar-refractivity contribution in [3.05, 3.63) is 95.6 Å². The van der Waals surface area contributed by atoms with Crippen LogP contribution in [0.1, 0.15) is 16.7 Å². The van der Waals surface area contributed by atoms with Crippen LogP contribution in [0.25, 0.3) is 0 Å². The minimum atomic E-state index is -3.60. The molecule has 1 aliphatic heterocycles. The van der Waals surface area contributed by atoms with Gasteiger partial charge in [-0.2, -0.15) is 4.31 Å². The highest BCUT2D eigenvalue weighted by molar-refractivity contribution is 7.88. The highest BCUT2D eigenvalue weighted by Crippen LogP contribution is 2.32. The number of amides is 2. The van der Waals surface area contributed by atoms with Gasteiger partial charge in [-0.05, 0) is 28.8 Å². The van der Waals surface area contributed by atoms with E-state index in [2.05, 4.69) is 5.32 Å². The molecule has 0 saturated carbocycles. The van der Waals surface area contributed by atoms with Crippen LogP contribution in [0.3, 0.4) is 0 Å². The molecule has 2 amide bonds. The average molecular weight is 538 g/mol. The van der Waals surface area contributed by atoms with Gasteiger partial charge in [0.25, 0.3) is 0 Å². The van der Waals surface area contributed by atoms with Crippen molar-refractivity contribution >= 4 is 21.8 Å². The summed E-state index contributed by atoms with van der Waals surface area (Å²) >= 11 is 0. The molecular formula is C28H31N3O6S. The molecule has 200 valence electrons. The van der Waals surface area contributed by atoms with Crippen molar-refractivity contribution in [2.24, 2.45) is 0 Å². The van der Waals surface area contributed by atoms with E-state index in [4.69, 9.17) is 9.47 Å². The summed E-state index contributed by atoms with van der Waals surface area (Å²) in [7, 11) is -2.25. The van der Waals surface area contributed by atoms with Gasteiger partial charge in [-0.25, -0.2) is 8.42 Å². The summed E-state index contributed by atoms with van der Waals surface area (Å²) in [6.45, 7) is 0.138. The van der Waals surface area contributed by atoms with E-state index in [1.807, 2.05) is 72.8 Å². The van der Waals surface area contributed by atoms with Crippen LogP contribution in [0, 0.1) is 0 Å². The first-order valence-electron chi connectivity index (χ1n) is 12.2. The lowest BCUT2D eigenvalue weighted by atomic mass is 10.0. The van der Waals surface area contributed by atoms with Gasteiger partial charge in [0, 0.05) is 26.6 Å². The number of hydrogen-bond acceptors (Lipinski definition) is 6. The molecule has 1 unspecified atom stereocenters. The number of hydrogen-bond donors (Lipinski definition) is 1. The second-order valence-corrected chi connectivity index (χ2v) is 11.2. The summed E-state index contributed by atoms with van der Waals surface area (Å²) in [5.41, 5.74) is 2.52. The van der Waals surface area contributed by atoms with E-state index >= 15 is 0 Å². The monoisotopic (exact) mass is 537 g/mol. The summed E-state index contributed by atoms with van der Waals surface area (Å²) in [5, 5.41) is 2.95. The Balaban J connectivity index is 1.61. The zero-order chi connectivity index (χ0) is 27.1. The number of likely N-dealkylation sites (N-methyl/N-ethyl adjacent to an activating group) is 1. The lowest BCUT2D eigenvalue weighted by Crippen LogP contribution is -2.52.